The SMILES string of the molecule is Cc1ccc2c(CC(=O)NC(C)CC(=O)O)coc2c1. The summed E-state index contributed by atoms with van der Waals surface area (Å²) in [5, 5.41) is 12.2. The zero-order valence-electron chi connectivity index (χ0n) is 11.5. The highest BCUT2D eigenvalue weighted by atomic mass is 16.4. The molecule has 1 unspecified atom stereocenters. The molecule has 0 radical (unpaired) electrons. The predicted octanol–water partition coefficient (Wildman–Crippen LogP) is 2.26. The summed E-state index contributed by atoms with van der Waals surface area (Å²) >= 11 is 0. The fourth-order valence-electron chi connectivity index (χ4n) is 2.14. The minimum Gasteiger partial charge on any atom is -0.481 e. The second kappa shape index (κ2) is 5.77. The first kappa shape index (κ1) is 14.1. The Morgan fingerprint density at radius 1 is 1.40 bits per heavy atom. The minimum atomic E-state index is -0.929. The summed E-state index contributed by atoms with van der Waals surface area (Å²) in [6.45, 7) is 3.64. The molecule has 2 rings (SSSR count). The van der Waals surface area contributed by atoms with Crippen LogP contribution in [-0.4, -0.2) is 23.0 Å². The van der Waals surface area contributed by atoms with Gasteiger partial charge in [0.2, 0.25) is 5.91 Å². The standard InChI is InChI=1S/C15H17NO4/c1-9-3-4-12-11(8-20-13(12)5-9)7-14(17)16-10(2)6-15(18)19/h3-5,8,10H,6-7H2,1-2H3,(H,16,17)(H,18,19). The van der Waals surface area contributed by atoms with Crippen molar-refractivity contribution >= 4 is 22.8 Å². The first-order valence-electron chi connectivity index (χ1n) is 6.43. The Morgan fingerprint density at radius 3 is 2.85 bits per heavy atom. The van der Waals surface area contributed by atoms with E-state index in [9.17, 15) is 9.59 Å². The molecule has 0 saturated carbocycles. The van der Waals surface area contributed by atoms with Crippen molar-refractivity contribution < 1.29 is 19.1 Å². The predicted molar refractivity (Wildman–Crippen MR) is 74.5 cm³/mol. The lowest BCUT2D eigenvalue weighted by molar-refractivity contribution is -0.137. The van der Waals surface area contributed by atoms with Crippen molar-refractivity contribution in [3.63, 3.8) is 0 Å². The number of amides is 1. The number of aliphatic carboxylic acids is 1. The van der Waals surface area contributed by atoms with E-state index < -0.39 is 5.97 Å². The molecule has 106 valence electrons. The number of fused-ring (bicyclic) bond motifs is 1. The monoisotopic (exact) mass is 275 g/mol. The number of carbonyl (C=O) groups excluding carboxylic acids is 1. The molecule has 0 aliphatic rings. The summed E-state index contributed by atoms with van der Waals surface area (Å²) in [6, 6.07) is 5.42. The lowest BCUT2D eigenvalue weighted by Gasteiger charge is -2.10. The molecule has 0 saturated heterocycles. The Bertz CT molecular complexity index is 644. The number of carbonyl (C=O) groups is 2. The van der Waals surface area contributed by atoms with Gasteiger partial charge in [-0.1, -0.05) is 12.1 Å². The van der Waals surface area contributed by atoms with E-state index >= 15 is 0 Å². The molecule has 1 aromatic heterocycles. The molecule has 0 aliphatic heterocycles. The zero-order valence-corrected chi connectivity index (χ0v) is 11.5. The summed E-state index contributed by atoms with van der Waals surface area (Å²) in [7, 11) is 0. The van der Waals surface area contributed by atoms with Gasteiger partial charge in [0.15, 0.2) is 0 Å². The van der Waals surface area contributed by atoms with Crippen LogP contribution in [0, 0.1) is 6.92 Å². The molecule has 1 aromatic carbocycles. The molecule has 1 heterocycles. The topological polar surface area (TPSA) is 79.5 Å². The van der Waals surface area contributed by atoms with Gasteiger partial charge in [-0.05, 0) is 25.5 Å². The molecule has 2 N–H and O–H groups in total. The van der Waals surface area contributed by atoms with Crippen molar-refractivity contribution in [2.45, 2.75) is 32.7 Å². The van der Waals surface area contributed by atoms with Crippen molar-refractivity contribution in [2.75, 3.05) is 0 Å². The van der Waals surface area contributed by atoms with Crippen LogP contribution in [0.15, 0.2) is 28.9 Å². The Balaban J connectivity index is 2.05. The molecule has 1 amide bonds. The van der Waals surface area contributed by atoms with Crippen molar-refractivity contribution in [3.8, 4) is 0 Å². The van der Waals surface area contributed by atoms with Gasteiger partial charge in [-0.25, -0.2) is 0 Å². The number of hydrogen-bond acceptors (Lipinski definition) is 3. The van der Waals surface area contributed by atoms with Gasteiger partial charge in [0.25, 0.3) is 0 Å². The fraction of sp³-hybridized carbons (Fsp3) is 0.333. The van der Waals surface area contributed by atoms with E-state index in [4.69, 9.17) is 9.52 Å². The van der Waals surface area contributed by atoms with Crippen LogP contribution in [0.25, 0.3) is 11.0 Å². The third-order valence-corrected chi connectivity index (χ3v) is 3.05. The summed E-state index contributed by atoms with van der Waals surface area (Å²) in [6.07, 6.45) is 1.67. The maximum atomic E-state index is 11.9. The summed E-state index contributed by atoms with van der Waals surface area (Å²) < 4.78 is 5.43. The highest BCUT2D eigenvalue weighted by Gasteiger charge is 2.14. The molecule has 5 heteroatoms. The minimum absolute atomic E-state index is 0.0862. The normalized spacial score (nSPS) is 12.3. The summed E-state index contributed by atoms with van der Waals surface area (Å²) in [5.41, 5.74) is 2.66. The Kier molecular flexibility index (Phi) is 4.08. The lowest BCUT2D eigenvalue weighted by atomic mass is 10.1. The number of furan rings is 1. The average Bonchev–Trinajstić information content (AvgIpc) is 2.70. The van der Waals surface area contributed by atoms with Crippen LogP contribution in [0.5, 0.6) is 0 Å². The van der Waals surface area contributed by atoms with E-state index in [0.29, 0.717) is 0 Å². The molecule has 1 atom stereocenters. The first-order valence-corrected chi connectivity index (χ1v) is 6.43. The van der Waals surface area contributed by atoms with Crippen LogP contribution < -0.4 is 5.32 Å². The van der Waals surface area contributed by atoms with Gasteiger partial charge >= 0.3 is 5.97 Å². The number of benzene rings is 1. The van der Waals surface area contributed by atoms with Crippen LogP contribution in [0.3, 0.4) is 0 Å². The van der Waals surface area contributed by atoms with E-state index in [1.54, 1.807) is 13.2 Å². The second-order valence-corrected chi connectivity index (χ2v) is 5.00. The van der Waals surface area contributed by atoms with Gasteiger partial charge in [-0.3, -0.25) is 9.59 Å². The van der Waals surface area contributed by atoms with Gasteiger partial charge in [-0.2, -0.15) is 0 Å². The Labute approximate surface area is 116 Å². The molecule has 5 nitrogen and oxygen atoms in total. The van der Waals surface area contributed by atoms with Gasteiger partial charge in [0.1, 0.15) is 5.58 Å². The van der Waals surface area contributed by atoms with Crippen LogP contribution >= 0.6 is 0 Å². The van der Waals surface area contributed by atoms with E-state index in [1.807, 2.05) is 25.1 Å². The van der Waals surface area contributed by atoms with Crippen molar-refractivity contribution in [2.24, 2.45) is 0 Å². The zero-order chi connectivity index (χ0) is 14.7. The summed E-state index contributed by atoms with van der Waals surface area (Å²) in [5.74, 6) is -1.14. The fourth-order valence-corrected chi connectivity index (χ4v) is 2.14. The van der Waals surface area contributed by atoms with Crippen LogP contribution in [-0.2, 0) is 16.0 Å². The van der Waals surface area contributed by atoms with Gasteiger partial charge in [0, 0.05) is 17.0 Å². The van der Waals surface area contributed by atoms with Gasteiger partial charge in [-0.15, -0.1) is 0 Å². The van der Waals surface area contributed by atoms with E-state index in [2.05, 4.69) is 5.32 Å². The maximum absolute atomic E-state index is 11.9. The number of aryl methyl sites for hydroxylation is 1. The smallest absolute Gasteiger partial charge is 0.305 e. The van der Waals surface area contributed by atoms with Crippen LogP contribution in [0.2, 0.25) is 0 Å². The van der Waals surface area contributed by atoms with Crippen LogP contribution in [0.4, 0.5) is 0 Å². The highest BCUT2D eigenvalue weighted by Crippen LogP contribution is 2.22. The highest BCUT2D eigenvalue weighted by molar-refractivity contribution is 5.88. The van der Waals surface area contributed by atoms with Crippen molar-refractivity contribution in [1.29, 1.82) is 0 Å². The third kappa shape index (κ3) is 3.38. The summed E-state index contributed by atoms with van der Waals surface area (Å²) in [4.78, 5) is 22.4. The molecule has 0 aliphatic carbocycles. The Hall–Kier alpha value is -2.30. The van der Waals surface area contributed by atoms with Gasteiger partial charge < -0.3 is 14.8 Å². The molecule has 2 aromatic rings. The second-order valence-electron chi connectivity index (χ2n) is 5.00. The lowest BCUT2D eigenvalue weighted by Crippen LogP contribution is -2.35. The Morgan fingerprint density at radius 2 is 2.15 bits per heavy atom. The molecule has 0 spiro atoms. The first-order chi connectivity index (χ1) is 9.45. The van der Waals surface area contributed by atoms with Crippen molar-refractivity contribution in [3.05, 3.63) is 35.6 Å². The molecular weight excluding hydrogens is 258 g/mol. The number of rotatable bonds is 5. The van der Waals surface area contributed by atoms with E-state index in [0.717, 1.165) is 22.1 Å². The maximum Gasteiger partial charge on any atom is 0.305 e. The van der Waals surface area contributed by atoms with E-state index in [-0.39, 0.29) is 24.8 Å². The van der Waals surface area contributed by atoms with Gasteiger partial charge in [0.05, 0.1) is 19.1 Å². The van der Waals surface area contributed by atoms with E-state index in [1.165, 1.54) is 0 Å². The van der Waals surface area contributed by atoms with Crippen molar-refractivity contribution in [1.82, 2.24) is 5.32 Å². The number of carboxylic acid groups (broad SMARTS) is 1. The third-order valence-electron chi connectivity index (χ3n) is 3.05. The molecule has 0 bridgehead atoms. The number of carboxylic acids is 1. The average molecular weight is 275 g/mol. The van der Waals surface area contributed by atoms with Crippen LogP contribution in [0.1, 0.15) is 24.5 Å². The number of hydrogen-bond donors (Lipinski definition) is 2. The molecule has 0 fully saturated rings. The molecule has 20 heavy (non-hydrogen) atoms. The largest absolute Gasteiger partial charge is 0.481 e. The number of nitrogens with one attached hydrogen (secondary N) is 1. The quantitative estimate of drug-likeness (QED) is 0.877. The molecular formula is C15H17NO4.